The summed E-state index contributed by atoms with van der Waals surface area (Å²) in [7, 11) is 2.49. The summed E-state index contributed by atoms with van der Waals surface area (Å²) in [6, 6.07) is 12.7. The van der Waals surface area contributed by atoms with Crippen LogP contribution in [-0.2, 0) is 28.7 Å². The number of nitrogens with zero attached hydrogens (tertiary/aromatic N) is 2. The van der Waals surface area contributed by atoms with Crippen molar-refractivity contribution < 1.29 is 38.2 Å². The van der Waals surface area contributed by atoms with Crippen LogP contribution in [-0.4, -0.2) is 97.1 Å². The van der Waals surface area contributed by atoms with Crippen LogP contribution in [0.15, 0.2) is 48.5 Å². The van der Waals surface area contributed by atoms with Gasteiger partial charge in [-0.3, -0.25) is 19.2 Å². The minimum atomic E-state index is -0.737. The lowest BCUT2D eigenvalue weighted by atomic mass is 9.98. The highest BCUT2D eigenvalue weighted by atomic mass is 16.5. The van der Waals surface area contributed by atoms with E-state index in [4.69, 9.17) is 0 Å². The van der Waals surface area contributed by atoms with E-state index in [9.17, 15) is 28.8 Å². The van der Waals surface area contributed by atoms with Gasteiger partial charge in [-0.05, 0) is 73.4 Å². The first kappa shape index (κ1) is 35.2. The number of piperidine rings is 1. The largest absolute Gasteiger partial charge is 0.453 e. The number of amides is 6. The molecule has 3 heterocycles. The van der Waals surface area contributed by atoms with Crippen molar-refractivity contribution in [2.24, 2.45) is 11.8 Å². The van der Waals surface area contributed by atoms with Gasteiger partial charge in [0, 0.05) is 30.5 Å². The summed E-state index contributed by atoms with van der Waals surface area (Å²) in [5.41, 5.74) is 3.04. The highest BCUT2D eigenvalue weighted by Crippen LogP contribution is 2.33. The first-order valence-electron chi connectivity index (χ1n) is 16.6. The van der Waals surface area contributed by atoms with Gasteiger partial charge in [0.05, 0.1) is 20.1 Å². The molecule has 2 aromatic carbocycles. The Morgan fingerprint density at radius 2 is 1.33 bits per heavy atom. The first-order valence-corrected chi connectivity index (χ1v) is 16.6. The summed E-state index contributed by atoms with van der Waals surface area (Å²) in [6.07, 6.45) is 1.68. The minimum Gasteiger partial charge on any atom is -0.453 e. The molecule has 6 amide bonds. The summed E-state index contributed by atoms with van der Waals surface area (Å²) in [5.74, 6) is -1.47. The predicted octanol–water partition coefficient (Wildman–Crippen LogP) is 3.34. The molecular weight excluding hydrogens is 632 g/mol. The van der Waals surface area contributed by atoms with Gasteiger partial charge in [0.25, 0.3) is 0 Å². The molecule has 5 rings (SSSR count). The highest BCUT2D eigenvalue weighted by Gasteiger charge is 2.46. The van der Waals surface area contributed by atoms with Crippen LogP contribution in [0.3, 0.4) is 0 Å². The van der Waals surface area contributed by atoms with E-state index in [0.717, 1.165) is 17.5 Å². The van der Waals surface area contributed by atoms with E-state index < -0.39 is 30.3 Å². The molecule has 49 heavy (non-hydrogen) atoms. The Labute approximate surface area is 285 Å². The van der Waals surface area contributed by atoms with E-state index in [1.165, 1.54) is 14.2 Å². The number of alkyl carbamates (subject to hydrolysis) is 2. The Bertz CT molecular complexity index is 1560. The summed E-state index contributed by atoms with van der Waals surface area (Å²) < 4.78 is 9.29. The molecule has 3 aliphatic heterocycles. The number of anilines is 2. The summed E-state index contributed by atoms with van der Waals surface area (Å²) in [5, 5.41) is 11.0. The first-order chi connectivity index (χ1) is 23.5. The van der Waals surface area contributed by atoms with Crippen LogP contribution in [0.25, 0.3) is 11.1 Å². The van der Waals surface area contributed by atoms with Gasteiger partial charge in [0.2, 0.25) is 23.6 Å². The molecule has 0 unspecified atom stereocenters. The number of hydrogen-bond donors (Lipinski definition) is 4. The Morgan fingerprint density at radius 3 is 1.90 bits per heavy atom. The number of carbonyl (C=O) groups excluding carboxylic acids is 6. The fraction of sp³-hybridized carbons (Fsp3) is 0.486. The van der Waals surface area contributed by atoms with E-state index >= 15 is 0 Å². The quantitative estimate of drug-likeness (QED) is 0.313. The molecule has 0 saturated carbocycles. The van der Waals surface area contributed by atoms with E-state index in [0.29, 0.717) is 43.6 Å². The molecule has 0 aromatic heterocycles. The highest BCUT2D eigenvalue weighted by molar-refractivity contribution is 5.99. The Morgan fingerprint density at radius 1 is 0.755 bits per heavy atom. The molecule has 5 atom stereocenters. The zero-order chi connectivity index (χ0) is 35.2. The van der Waals surface area contributed by atoms with Gasteiger partial charge in [-0.15, -0.1) is 0 Å². The molecular formula is C35H44N6O8. The van der Waals surface area contributed by atoms with E-state index in [1.54, 1.807) is 21.9 Å². The lowest BCUT2D eigenvalue weighted by molar-refractivity contribution is -0.143. The lowest BCUT2D eigenvalue weighted by Crippen LogP contribution is -2.58. The molecule has 0 aliphatic carbocycles. The Balaban J connectivity index is 1.13. The zero-order valence-corrected chi connectivity index (χ0v) is 28.2. The van der Waals surface area contributed by atoms with Crippen molar-refractivity contribution in [1.82, 2.24) is 20.4 Å². The maximum absolute atomic E-state index is 13.2. The Kier molecular flexibility index (Phi) is 11.0. The minimum absolute atomic E-state index is 0.0227. The van der Waals surface area contributed by atoms with Crippen molar-refractivity contribution in [2.75, 3.05) is 37.9 Å². The van der Waals surface area contributed by atoms with Crippen molar-refractivity contribution in [3.63, 3.8) is 0 Å². The molecule has 3 fully saturated rings. The molecule has 4 N–H and O–H groups in total. The number of nitrogens with one attached hydrogen (secondary N) is 4. The number of benzene rings is 2. The lowest BCUT2D eigenvalue weighted by Gasteiger charge is -2.37. The number of carbonyl (C=O) groups is 6. The van der Waals surface area contributed by atoms with Crippen molar-refractivity contribution >= 4 is 47.2 Å². The standard InChI is InChI=1S/C35H44N6O8/c1-20(2)29(39-35(47)49-4)33(45)40-18-17-23(19-40)30(42)36-24-9-5-21(6-10-24)22-7-11-25(12-8-22)37-31(43)28-16-14-26-13-15-27(32(44)41(26)28)38-34(46)48-3/h5-12,20,23,26-29H,13-19H2,1-4H3,(H,36,42)(H,37,43)(H,38,46)(H,39,47)/t23-,26+,27-,28+,29-/m0/s1. The van der Waals surface area contributed by atoms with Crippen LogP contribution >= 0.6 is 0 Å². The number of fused-ring (bicyclic) bond motifs is 1. The van der Waals surface area contributed by atoms with Crippen molar-refractivity contribution in [3.05, 3.63) is 48.5 Å². The van der Waals surface area contributed by atoms with Crippen LogP contribution in [0.1, 0.15) is 46.0 Å². The molecule has 3 aliphatic rings. The third kappa shape index (κ3) is 8.12. The average Bonchev–Trinajstić information content (AvgIpc) is 3.77. The average molecular weight is 677 g/mol. The van der Waals surface area contributed by atoms with Crippen LogP contribution < -0.4 is 21.3 Å². The second kappa shape index (κ2) is 15.4. The van der Waals surface area contributed by atoms with Crippen LogP contribution in [0.2, 0.25) is 0 Å². The van der Waals surface area contributed by atoms with Gasteiger partial charge in [-0.1, -0.05) is 38.1 Å². The van der Waals surface area contributed by atoms with E-state index in [1.807, 2.05) is 50.2 Å². The van der Waals surface area contributed by atoms with E-state index in [2.05, 4.69) is 30.7 Å². The number of rotatable bonds is 9. The van der Waals surface area contributed by atoms with Crippen LogP contribution in [0.5, 0.6) is 0 Å². The predicted molar refractivity (Wildman–Crippen MR) is 180 cm³/mol. The van der Waals surface area contributed by atoms with Crippen LogP contribution in [0, 0.1) is 11.8 Å². The molecule has 2 aromatic rings. The molecule has 14 nitrogen and oxygen atoms in total. The second-order valence-corrected chi connectivity index (χ2v) is 13.0. The third-order valence-corrected chi connectivity index (χ3v) is 9.52. The van der Waals surface area contributed by atoms with Gasteiger partial charge in [0.15, 0.2) is 0 Å². The van der Waals surface area contributed by atoms with E-state index in [-0.39, 0.29) is 48.1 Å². The summed E-state index contributed by atoms with van der Waals surface area (Å²) >= 11 is 0. The zero-order valence-electron chi connectivity index (χ0n) is 28.2. The Hall–Kier alpha value is -5.14. The number of methoxy groups -OCH3 is 2. The molecule has 14 heteroatoms. The van der Waals surface area contributed by atoms with Gasteiger partial charge < -0.3 is 40.5 Å². The molecule has 262 valence electrons. The SMILES string of the molecule is COC(=O)N[C@H]1CC[C@@H]2CC[C@H](C(=O)Nc3ccc(-c4ccc(NC(=O)[C@H]5CCN(C(=O)[C@@H](NC(=O)OC)C(C)C)C5)cc4)cc3)N2C1=O. The number of hydrogen-bond acceptors (Lipinski definition) is 8. The second-order valence-electron chi connectivity index (χ2n) is 13.0. The van der Waals surface area contributed by atoms with Crippen molar-refractivity contribution in [3.8, 4) is 11.1 Å². The number of likely N-dealkylation sites (tertiary alicyclic amines) is 1. The maximum Gasteiger partial charge on any atom is 0.407 e. The topological polar surface area (TPSA) is 175 Å². The van der Waals surface area contributed by atoms with Gasteiger partial charge in [-0.25, -0.2) is 9.59 Å². The van der Waals surface area contributed by atoms with Crippen LogP contribution in [0.4, 0.5) is 21.0 Å². The molecule has 0 spiro atoms. The monoisotopic (exact) mass is 676 g/mol. The summed E-state index contributed by atoms with van der Waals surface area (Å²) in [4.78, 5) is 79.1. The third-order valence-electron chi connectivity index (χ3n) is 9.52. The smallest absolute Gasteiger partial charge is 0.407 e. The maximum atomic E-state index is 13.2. The molecule has 3 saturated heterocycles. The normalized spacial score (nSPS) is 22.2. The fourth-order valence-corrected chi connectivity index (χ4v) is 6.79. The summed E-state index contributed by atoms with van der Waals surface area (Å²) in [6.45, 7) is 4.36. The van der Waals surface area contributed by atoms with Gasteiger partial charge in [-0.2, -0.15) is 0 Å². The van der Waals surface area contributed by atoms with Crippen molar-refractivity contribution in [1.29, 1.82) is 0 Å². The van der Waals surface area contributed by atoms with Gasteiger partial charge >= 0.3 is 12.2 Å². The fourth-order valence-electron chi connectivity index (χ4n) is 6.79. The number of ether oxygens (including phenoxy) is 2. The van der Waals surface area contributed by atoms with Crippen molar-refractivity contribution in [2.45, 2.75) is 70.1 Å². The van der Waals surface area contributed by atoms with Gasteiger partial charge in [0.1, 0.15) is 18.1 Å². The molecule has 0 bridgehead atoms. The molecule has 0 radical (unpaired) electrons.